The molecule has 2 rings (SSSR count). The van der Waals surface area contributed by atoms with Crippen LogP contribution in [0, 0.1) is 5.92 Å². The van der Waals surface area contributed by atoms with Crippen LogP contribution in [0.25, 0.3) is 0 Å². The van der Waals surface area contributed by atoms with Gasteiger partial charge in [-0.2, -0.15) is 15.0 Å². The fraction of sp³-hybridized carbons (Fsp3) is 0.800. The standard InChI is InChI=1S/C10H18N4/c1-8-3-4-11-9(5-8)6-10-7-12-14(2)13-10/h7-9,11H,3-6H2,1-2H3. The number of hydrogen-bond donors (Lipinski definition) is 1. The van der Waals surface area contributed by atoms with Gasteiger partial charge in [-0.05, 0) is 25.3 Å². The van der Waals surface area contributed by atoms with E-state index in [1.807, 2.05) is 13.2 Å². The van der Waals surface area contributed by atoms with Crippen LogP contribution < -0.4 is 5.32 Å². The van der Waals surface area contributed by atoms with Gasteiger partial charge in [0.15, 0.2) is 0 Å². The monoisotopic (exact) mass is 194 g/mol. The van der Waals surface area contributed by atoms with Crippen LogP contribution in [0.15, 0.2) is 6.20 Å². The molecule has 0 aromatic carbocycles. The third-order valence-electron chi connectivity index (χ3n) is 2.86. The summed E-state index contributed by atoms with van der Waals surface area (Å²) in [6, 6.07) is 0.593. The first-order chi connectivity index (χ1) is 6.74. The Morgan fingerprint density at radius 1 is 1.64 bits per heavy atom. The number of nitrogens with zero attached hydrogens (tertiary/aromatic N) is 3. The number of rotatable bonds is 2. The first kappa shape index (κ1) is 9.65. The molecule has 1 aromatic rings. The second-order valence-electron chi connectivity index (χ2n) is 4.31. The maximum atomic E-state index is 4.30. The van der Waals surface area contributed by atoms with Crippen LogP contribution in [0.4, 0.5) is 0 Å². The van der Waals surface area contributed by atoms with Crippen molar-refractivity contribution in [1.29, 1.82) is 0 Å². The van der Waals surface area contributed by atoms with Crippen LogP contribution >= 0.6 is 0 Å². The molecular formula is C10H18N4. The molecule has 0 bridgehead atoms. The third kappa shape index (κ3) is 2.32. The van der Waals surface area contributed by atoms with Crippen LogP contribution in [0.2, 0.25) is 0 Å². The predicted molar refractivity (Wildman–Crippen MR) is 54.9 cm³/mol. The van der Waals surface area contributed by atoms with Crippen molar-refractivity contribution in [3.8, 4) is 0 Å². The summed E-state index contributed by atoms with van der Waals surface area (Å²) in [4.78, 5) is 1.63. The molecule has 0 saturated carbocycles. The lowest BCUT2D eigenvalue weighted by molar-refractivity contribution is 0.317. The van der Waals surface area contributed by atoms with E-state index in [9.17, 15) is 0 Å². The van der Waals surface area contributed by atoms with Gasteiger partial charge in [0.05, 0.1) is 11.9 Å². The van der Waals surface area contributed by atoms with Crippen molar-refractivity contribution in [2.45, 2.75) is 32.2 Å². The highest BCUT2D eigenvalue weighted by Crippen LogP contribution is 2.17. The molecule has 1 fully saturated rings. The summed E-state index contributed by atoms with van der Waals surface area (Å²) >= 11 is 0. The van der Waals surface area contributed by atoms with Crippen LogP contribution in [0.3, 0.4) is 0 Å². The molecule has 2 atom stereocenters. The first-order valence-corrected chi connectivity index (χ1v) is 5.32. The second-order valence-corrected chi connectivity index (χ2v) is 4.31. The molecule has 0 amide bonds. The number of aromatic nitrogens is 3. The van der Waals surface area contributed by atoms with Crippen molar-refractivity contribution in [2.24, 2.45) is 13.0 Å². The van der Waals surface area contributed by atoms with E-state index >= 15 is 0 Å². The van der Waals surface area contributed by atoms with Gasteiger partial charge in [0, 0.05) is 19.5 Å². The van der Waals surface area contributed by atoms with Gasteiger partial charge in [-0.1, -0.05) is 6.92 Å². The molecular weight excluding hydrogens is 176 g/mol. The average Bonchev–Trinajstić information content (AvgIpc) is 2.51. The first-order valence-electron chi connectivity index (χ1n) is 5.32. The summed E-state index contributed by atoms with van der Waals surface area (Å²) in [7, 11) is 1.86. The lowest BCUT2D eigenvalue weighted by atomic mass is 9.92. The largest absolute Gasteiger partial charge is 0.314 e. The van der Waals surface area contributed by atoms with E-state index in [4.69, 9.17) is 0 Å². The highest BCUT2D eigenvalue weighted by molar-refractivity contribution is 4.96. The molecule has 4 heteroatoms. The van der Waals surface area contributed by atoms with Gasteiger partial charge < -0.3 is 5.32 Å². The highest BCUT2D eigenvalue weighted by atomic mass is 15.4. The molecule has 4 nitrogen and oxygen atoms in total. The van der Waals surface area contributed by atoms with E-state index in [-0.39, 0.29) is 0 Å². The molecule has 0 aliphatic carbocycles. The van der Waals surface area contributed by atoms with Crippen LogP contribution in [-0.4, -0.2) is 27.6 Å². The number of nitrogens with one attached hydrogen (secondary N) is 1. The fourth-order valence-corrected chi connectivity index (χ4v) is 2.11. The van der Waals surface area contributed by atoms with Gasteiger partial charge in [0.25, 0.3) is 0 Å². The molecule has 0 radical (unpaired) electrons. The summed E-state index contributed by atoms with van der Waals surface area (Å²) < 4.78 is 0. The molecule has 1 N–H and O–H groups in total. The predicted octanol–water partition coefficient (Wildman–Crippen LogP) is 0.746. The topological polar surface area (TPSA) is 42.7 Å². The van der Waals surface area contributed by atoms with Gasteiger partial charge >= 0.3 is 0 Å². The Bertz CT molecular complexity index is 294. The molecule has 1 aliphatic heterocycles. The maximum absolute atomic E-state index is 4.30. The zero-order valence-electron chi connectivity index (χ0n) is 8.90. The Labute approximate surface area is 84.7 Å². The summed E-state index contributed by atoms with van der Waals surface area (Å²) in [5.74, 6) is 0.845. The molecule has 78 valence electrons. The van der Waals surface area contributed by atoms with Gasteiger partial charge in [-0.15, -0.1) is 0 Å². The summed E-state index contributed by atoms with van der Waals surface area (Å²) in [5, 5.41) is 11.9. The van der Waals surface area contributed by atoms with E-state index in [1.54, 1.807) is 4.80 Å². The van der Waals surface area contributed by atoms with Crippen molar-refractivity contribution in [2.75, 3.05) is 6.54 Å². The van der Waals surface area contributed by atoms with Gasteiger partial charge in [-0.3, -0.25) is 0 Å². The minimum absolute atomic E-state index is 0.593. The number of hydrogen-bond acceptors (Lipinski definition) is 3. The Balaban J connectivity index is 1.90. The molecule has 1 saturated heterocycles. The second kappa shape index (κ2) is 4.09. The smallest absolute Gasteiger partial charge is 0.0842 e. The minimum Gasteiger partial charge on any atom is -0.314 e. The Morgan fingerprint density at radius 3 is 3.14 bits per heavy atom. The van der Waals surface area contributed by atoms with Crippen molar-refractivity contribution < 1.29 is 0 Å². The summed E-state index contributed by atoms with van der Waals surface area (Å²) in [6.45, 7) is 3.47. The zero-order valence-corrected chi connectivity index (χ0v) is 8.90. The van der Waals surface area contributed by atoms with E-state index in [0.29, 0.717) is 6.04 Å². The number of piperidine rings is 1. The van der Waals surface area contributed by atoms with Crippen LogP contribution in [0.1, 0.15) is 25.5 Å². The molecule has 1 aromatic heterocycles. The van der Waals surface area contributed by atoms with Crippen molar-refractivity contribution in [3.63, 3.8) is 0 Å². The summed E-state index contributed by atoms with van der Waals surface area (Å²) in [6.07, 6.45) is 5.44. The lowest BCUT2D eigenvalue weighted by Gasteiger charge is -2.27. The van der Waals surface area contributed by atoms with Crippen LogP contribution in [-0.2, 0) is 13.5 Å². The van der Waals surface area contributed by atoms with Crippen LogP contribution in [0.5, 0.6) is 0 Å². The van der Waals surface area contributed by atoms with Crippen molar-refractivity contribution in [3.05, 3.63) is 11.9 Å². The number of aryl methyl sites for hydroxylation is 1. The Hall–Kier alpha value is -0.900. The van der Waals surface area contributed by atoms with E-state index in [0.717, 1.165) is 24.6 Å². The maximum Gasteiger partial charge on any atom is 0.0842 e. The zero-order chi connectivity index (χ0) is 9.97. The van der Waals surface area contributed by atoms with Gasteiger partial charge in [0.1, 0.15) is 0 Å². The third-order valence-corrected chi connectivity index (χ3v) is 2.86. The lowest BCUT2D eigenvalue weighted by Crippen LogP contribution is -2.38. The van der Waals surface area contributed by atoms with Crippen molar-refractivity contribution in [1.82, 2.24) is 20.3 Å². The van der Waals surface area contributed by atoms with E-state index in [1.165, 1.54) is 12.8 Å². The highest BCUT2D eigenvalue weighted by Gasteiger charge is 2.19. The molecule has 14 heavy (non-hydrogen) atoms. The Morgan fingerprint density at radius 2 is 2.50 bits per heavy atom. The van der Waals surface area contributed by atoms with Gasteiger partial charge in [-0.25, -0.2) is 0 Å². The average molecular weight is 194 g/mol. The molecule has 1 aliphatic rings. The molecule has 0 spiro atoms. The SMILES string of the molecule is CC1CCNC(Cc2cnn(C)n2)C1. The van der Waals surface area contributed by atoms with Gasteiger partial charge in [0.2, 0.25) is 0 Å². The molecule has 2 heterocycles. The Kier molecular flexibility index (Phi) is 2.82. The van der Waals surface area contributed by atoms with Crippen molar-refractivity contribution >= 4 is 0 Å². The summed E-state index contributed by atoms with van der Waals surface area (Å²) in [5.41, 5.74) is 1.10. The quantitative estimate of drug-likeness (QED) is 0.755. The fourth-order valence-electron chi connectivity index (χ4n) is 2.11. The minimum atomic E-state index is 0.593. The normalized spacial score (nSPS) is 27.9. The van der Waals surface area contributed by atoms with E-state index < -0.39 is 0 Å². The van der Waals surface area contributed by atoms with E-state index in [2.05, 4.69) is 22.4 Å². The molecule has 2 unspecified atom stereocenters.